The van der Waals surface area contributed by atoms with Crippen molar-refractivity contribution < 1.29 is 26.7 Å². The number of hydrogen-bond acceptors (Lipinski definition) is 3. The van der Waals surface area contributed by atoms with Crippen molar-refractivity contribution >= 4 is 10.2 Å². The maximum absolute atomic E-state index is 11.9. The Labute approximate surface area is 97.6 Å². The van der Waals surface area contributed by atoms with Gasteiger partial charge in [0.15, 0.2) is 0 Å². The van der Waals surface area contributed by atoms with E-state index in [-0.39, 0.29) is 0 Å². The summed E-state index contributed by atoms with van der Waals surface area (Å²) < 4.78 is 61.9. The molecule has 0 heterocycles. The molecule has 1 saturated carbocycles. The van der Waals surface area contributed by atoms with E-state index in [2.05, 4.69) is 4.72 Å². The van der Waals surface area contributed by atoms with Crippen LogP contribution in [0.2, 0.25) is 0 Å². The summed E-state index contributed by atoms with van der Waals surface area (Å²) in [5, 5.41) is 9.13. The Kier molecular flexibility index (Phi) is 4.39. The molecule has 0 amide bonds. The largest absolute Gasteiger partial charge is 0.402 e. The standard InChI is InChI=1S/C8H15F3N2O3S/c9-8(10,11)5-12-17(15,16)13-7(6-14)3-1-2-4-7/h12-14H,1-6H2. The maximum atomic E-state index is 11.9. The Balaban J connectivity index is 2.59. The molecule has 0 aliphatic heterocycles. The van der Waals surface area contributed by atoms with E-state index in [4.69, 9.17) is 5.11 Å². The molecule has 0 aromatic heterocycles. The highest BCUT2D eigenvalue weighted by Gasteiger charge is 2.38. The molecule has 17 heavy (non-hydrogen) atoms. The lowest BCUT2D eigenvalue weighted by Gasteiger charge is -2.27. The summed E-state index contributed by atoms with van der Waals surface area (Å²) in [6.45, 7) is -2.04. The van der Waals surface area contributed by atoms with Gasteiger partial charge in [-0.05, 0) is 12.8 Å². The van der Waals surface area contributed by atoms with E-state index in [1.165, 1.54) is 4.72 Å². The van der Waals surface area contributed by atoms with Crippen molar-refractivity contribution in [2.75, 3.05) is 13.2 Å². The first-order valence-corrected chi connectivity index (χ1v) is 6.63. The second-order valence-corrected chi connectivity index (χ2v) is 5.69. The summed E-state index contributed by atoms with van der Waals surface area (Å²) in [7, 11) is -4.25. The Morgan fingerprint density at radius 3 is 2.18 bits per heavy atom. The Morgan fingerprint density at radius 2 is 1.76 bits per heavy atom. The highest BCUT2D eigenvalue weighted by Crippen LogP contribution is 2.29. The molecule has 5 nitrogen and oxygen atoms in total. The average Bonchev–Trinajstić information content (AvgIpc) is 2.63. The third-order valence-electron chi connectivity index (χ3n) is 2.68. The van der Waals surface area contributed by atoms with Crippen molar-refractivity contribution in [3.05, 3.63) is 0 Å². The van der Waals surface area contributed by atoms with E-state index in [9.17, 15) is 21.6 Å². The fourth-order valence-electron chi connectivity index (χ4n) is 1.84. The van der Waals surface area contributed by atoms with Crippen molar-refractivity contribution in [1.82, 2.24) is 9.44 Å². The molecule has 0 aromatic rings. The third kappa shape index (κ3) is 4.78. The van der Waals surface area contributed by atoms with Crippen molar-refractivity contribution in [1.29, 1.82) is 0 Å². The number of nitrogens with one attached hydrogen (secondary N) is 2. The Bertz CT molecular complexity index is 350. The third-order valence-corrected chi connectivity index (χ3v) is 3.90. The number of halogens is 3. The van der Waals surface area contributed by atoms with Crippen LogP contribution in [0, 0.1) is 0 Å². The fourth-order valence-corrected chi connectivity index (χ4v) is 3.11. The molecular weight excluding hydrogens is 261 g/mol. The molecule has 102 valence electrons. The van der Waals surface area contributed by atoms with Crippen molar-refractivity contribution in [2.45, 2.75) is 37.4 Å². The monoisotopic (exact) mass is 276 g/mol. The van der Waals surface area contributed by atoms with Crippen LogP contribution in [0.3, 0.4) is 0 Å². The molecule has 0 spiro atoms. The molecule has 0 unspecified atom stereocenters. The first-order chi connectivity index (χ1) is 7.68. The second-order valence-electron chi connectivity index (χ2n) is 4.19. The number of hydrogen-bond donors (Lipinski definition) is 3. The first-order valence-electron chi connectivity index (χ1n) is 5.14. The van der Waals surface area contributed by atoms with Gasteiger partial charge in [-0.3, -0.25) is 0 Å². The van der Waals surface area contributed by atoms with Crippen LogP contribution in [0.25, 0.3) is 0 Å². The van der Waals surface area contributed by atoms with Gasteiger partial charge >= 0.3 is 6.18 Å². The lowest BCUT2D eigenvalue weighted by Crippen LogP contribution is -2.54. The molecular formula is C8H15F3N2O3S. The predicted octanol–water partition coefficient (Wildman–Crippen LogP) is 0.278. The normalized spacial score (nSPS) is 20.7. The topological polar surface area (TPSA) is 78.4 Å². The van der Waals surface area contributed by atoms with Crippen LogP contribution >= 0.6 is 0 Å². The molecule has 9 heteroatoms. The predicted molar refractivity (Wildman–Crippen MR) is 54.4 cm³/mol. The minimum Gasteiger partial charge on any atom is -0.394 e. The SMILES string of the molecule is O=S(=O)(NCC(F)(F)F)NC1(CO)CCCC1. The van der Waals surface area contributed by atoms with Crippen molar-refractivity contribution in [2.24, 2.45) is 0 Å². The summed E-state index contributed by atoms with van der Waals surface area (Å²) in [6.07, 6.45) is -2.27. The van der Waals surface area contributed by atoms with E-state index in [1.807, 2.05) is 0 Å². The number of aliphatic hydroxyl groups is 1. The molecule has 0 bridgehead atoms. The zero-order valence-corrected chi connectivity index (χ0v) is 9.86. The van der Waals surface area contributed by atoms with Crippen molar-refractivity contribution in [3.8, 4) is 0 Å². The molecule has 1 aliphatic carbocycles. The smallest absolute Gasteiger partial charge is 0.394 e. The van der Waals surface area contributed by atoms with Gasteiger partial charge < -0.3 is 5.11 Å². The number of aliphatic hydroxyl groups excluding tert-OH is 1. The summed E-state index contributed by atoms with van der Waals surface area (Å²) in [6, 6.07) is 0. The minimum absolute atomic E-state index is 0.417. The Hall–Kier alpha value is -0.380. The van der Waals surface area contributed by atoms with Gasteiger partial charge in [-0.1, -0.05) is 12.8 Å². The first kappa shape index (κ1) is 14.7. The van der Waals surface area contributed by atoms with Gasteiger partial charge in [0.1, 0.15) is 6.54 Å². The van der Waals surface area contributed by atoms with Gasteiger partial charge in [-0.2, -0.15) is 31.0 Å². The lowest BCUT2D eigenvalue weighted by atomic mass is 10.0. The zero-order chi connectivity index (χ0) is 13.2. The van der Waals surface area contributed by atoms with E-state index >= 15 is 0 Å². The molecule has 0 aromatic carbocycles. The minimum atomic E-state index is -4.60. The molecule has 0 atom stereocenters. The van der Waals surface area contributed by atoms with Gasteiger partial charge in [-0.25, -0.2) is 0 Å². The van der Waals surface area contributed by atoms with Gasteiger partial charge in [0.05, 0.1) is 12.1 Å². The lowest BCUT2D eigenvalue weighted by molar-refractivity contribution is -0.121. The van der Waals surface area contributed by atoms with E-state index in [1.54, 1.807) is 0 Å². The van der Waals surface area contributed by atoms with Gasteiger partial charge in [0.25, 0.3) is 10.2 Å². The maximum Gasteiger partial charge on any atom is 0.402 e. The van der Waals surface area contributed by atoms with Gasteiger partial charge in [-0.15, -0.1) is 0 Å². The van der Waals surface area contributed by atoms with Crippen LogP contribution in [0.1, 0.15) is 25.7 Å². The molecule has 0 saturated heterocycles. The van der Waals surface area contributed by atoms with Gasteiger partial charge in [0, 0.05) is 0 Å². The Morgan fingerprint density at radius 1 is 1.24 bits per heavy atom. The summed E-state index contributed by atoms with van der Waals surface area (Å²) in [5.41, 5.74) is -1.02. The van der Waals surface area contributed by atoms with Gasteiger partial charge in [0.2, 0.25) is 0 Å². The molecule has 1 fully saturated rings. The zero-order valence-electron chi connectivity index (χ0n) is 9.05. The van der Waals surface area contributed by atoms with Crippen molar-refractivity contribution in [3.63, 3.8) is 0 Å². The molecule has 1 rings (SSSR count). The van der Waals surface area contributed by atoms with Crippen LogP contribution < -0.4 is 9.44 Å². The van der Waals surface area contributed by atoms with E-state index in [0.717, 1.165) is 12.8 Å². The molecule has 3 N–H and O–H groups in total. The second kappa shape index (κ2) is 5.09. The molecule has 1 aliphatic rings. The average molecular weight is 276 g/mol. The van der Waals surface area contributed by atoms with Crippen LogP contribution in [0.4, 0.5) is 13.2 Å². The summed E-state index contributed by atoms with van der Waals surface area (Å²) in [5.74, 6) is 0. The number of rotatable bonds is 5. The fraction of sp³-hybridized carbons (Fsp3) is 1.00. The quantitative estimate of drug-likeness (QED) is 0.675. The summed E-state index contributed by atoms with van der Waals surface area (Å²) in [4.78, 5) is 0. The van der Waals surface area contributed by atoms with E-state index < -0.39 is 35.1 Å². The highest BCUT2D eigenvalue weighted by molar-refractivity contribution is 7.87. The van der Waals surface area contributed by atoms with E-state index in [0.29, 0.717) is 12.8 Å². The van der Waals surface area contributed by atoms with Crippen LogP contribution in [0.15, 0.2) is 0 Å². The highest BCUT2D eigenvalue weighted by atomic mass is 32.2. The summed E-state index contributed by atoms with van der Waals surface area (Å²) >= 11 is 0. The van der Waals surface area contributed by atoms with Crippen LogP contribution in [-0.2, 0) is 10.2 Å². The van der Waals surface area contributed by atoms with Crippen LogP contribution in [-0.4, -0.2) is 38.4 Å². The molecule has 0 radical (unpaired) electrons. The number of alkyl halides is 3. The van der Waals surface area contributed by atoms with Crippen LogP contribution in [0.5, 0.6) is 0 Å².